The van der Waals surface area contributed by atoms with Gasteiger partial charge in [0.2, 0.25) is 0 Å². The molecule has 0 aliphatic carbocycles. The van der Waals surface area contributed by atoms with Crippen LogP contribution in [-0.2, 0) is 4.74 Å². The Morgan fingerprint density at radius 1 is 1.50 bits per heavy atom. The first-order valence-electron chi connectivity index (χ1n) is 5.88. The van der Waals surface area contributed by atoms with Gasteiger partial charge in [0.05, 0.1) is 17.7 Å². The van der Waals surface area contributed by atoms with E-state index in [0.717, 1.165) is 12.2 Å². The Balaban J connectivity index is 2.66. The zero-order valence-corrected chi connectivity index (χ0v) is 11.8. The summed E-state index contributed by atoms with van der Waals surface area (Å²) in [6.07, 6.45) is 0.238. The molecular formula is C13H20ClN3O. The summed E-state index contributed by atoms with van der Waals surface area (Å²) in [6.45, 7) is 5.48. The van der Waals surface area contributed by atoms with Gasteiger partial charge in [0, 0.05) is 24.8 Å². The zero-order chi connectivity index (χ0) is 13.7. The smallest absolute Gasteiger partial charge is 0.124 e. The molecule has 0 atom stereocenters. The van der Waals surface area contributed by atoms with Crippen molar-refractivity contribution in [2.45, 2.75) is 20.0 Å². The molecule has 1 rings (SSSR count). The summed E-state index contributed by atoms with van der Waals surface area (Å²) in [4.78, 5) is 2.05. The van der Waals surface area contributed by atoms with Gasteiger partial charge in [-0.1, -0.05) is 11.6 Å². The van der Waals surface area contributed by atoms with E-state index in [9.17, 15) is 0 Å². The topological polar surface area (TPSA) is 62.3 Å². The van der Waals surface area contributed by atoms with Crippen LogP contribution in [0, 0.1) is 5.41 Å². The SMILES string of the molecule is CC(C)OCCN(C)c1ccc(C(=N)N)c(Cl)c1. The van der Waals surface area contributed by atoms with Gasteiger partial charge in [0.25, 0.3) is 0 Å². The normalized spacial score (nSPS) is 10.7. The molecule has 0 fully saturated rings. The third-order valence-electron chi connectivity index (χ3n) is 2.56. The van der Waals surface area contributed by atoms with E-state index in [1.165, 1.54) is 0 Å². The van der Waals surface area contributed by atoms with Gasteiger partial charge < -0.3 is 15.4 Å². The number of benzene rings is 1. The number of likely N-dealkylation sites (N-methyl/N-ethyl adjacent to an activating group) is 1. The molecule has 0 radical (unpaired) electrons. The third-order valence-corrected chi connectivity index (χ3v) is 2.87. The van der Waals surface area contributed by atoms with Crippen molar-refractivity contribution in [3.05, 3.63) is 28.8 Å². The van der Waals surface area contributed by atoms with E-state index in [1.54, 1.807) is 6.07 Å². The van der Waals surface area contributed by atoms with Crippen LogP contribution in [-0.4, -0.2) is 32.1 Å². The van der Waals surface area contributed by atoms with Crippen molar-refractivity contribution in [1.29, 1.82) is 5.41 Å². The van der Waals surface area contributed by atoms with Crippen LogP contribution in [0.2, 0.25) is 5.02 Å². The van der Waals surface area contributed by atoms with Gasteiger partial charge in [-0.25, -0.2) is 0 Å². The van der Waals surface area contributed by atoms with Gasteiger partial charge in [-0.3, -0.25) is 5.41 Å². The van der Waals surface area contributed by atoms with E-state index in [-0.39, 0.29) is 11.9 Å². The number of hydrogen-bond donors (Lipinski definition) is 2. The quantitative estimate of drug-likeness (QED) is 0.616. The molecule has 3 N–H and O–H groups in total. The van der Waals surface area contributed by atoms with Gasteiger partial charge in [-0.05, 0) is 32.0 Å². The molecule has 0 spiro atoms. The van der Waals surface area contributed by atoms with E-state index in [0.29, 0.717) is 17.2 Å². The van der Waals surface area contributed by atoms with Crippen molar-refractivity contribution in [3.8, 4) is 0 Å². The Labute approximate surface area is 113 Å². The Bertz CT molecular complexity index is 421. The van der Waals surface area contributed by atoms with Crippen LogP contribution < -0.4 is 10.6 Å². The van der Waals surface area contributed by atoms with Crippen LogP contribution in [0.4, 0.5) is 5.69 Å². The first kappa shape index (κ1) is 14.8. The molecule has 0 saturated heterocycles. The number of rotatable bonds is 6. The summed E-state index contributed by atoms with van der Waals surface area (Å²) in [5, 5.41) is 7.87. The van der Waals surface area contributed by atoms with Crippen molar-refractivity contribution in [3.63, 3.8) is 0 Å². The summed E-state index contributed by atoms with van der Waals surface area (Å²) >= 11 is 6.07. The molecular weight excluding hydrogens is 250 g/mol. The second-order valence-electron chi connectivity index (χ2n) is 4.42. The van der Waals surface area contributed by atoms with E-state index in [2.05, 4.69) is 4.90 Å². The van der Waals surface area contributed by atoms with E-state index in [1.807, 2.05) is 33.0 Å². The van der Waals surface area contributed by atoms with Crippen LogP contribution in [0.25, 0.3) is 0 Å². The van der Waals surface area contributed by atoms with E-state index in [4.69, 9.17) is 27.5 Å². The lowest BCUT2D eigenvalue weighted by Crippen LogP contribution is -2.24. The van der Waals surface area contributed by atoms with Crippen molar-refractivity contribution in [1.82, 2.24) is 0 Å². The Morgan fingerprint density at radius 3 is 2.67 bits per heavy atom. The fourth-order valence-electron chi connectivity index (χ4n) is 1.51. The average Bonchev–Trinajstić information content (AvgIpc) is 2.27. The average molecular weight is 270 g/mol. The summed E-state index contributed by atoms with van der Waals surface area (Å²) < 4.78 is 5.50. The van der Waals surface area contributed by atoms with Crippen molar-refractivity contribution in [2.24, 2.45) is 5.73 Å². The summed E-state index contributed by atoms with van der Waals surface area (Å²) in [5.74, 6) is -0.0163. The first-order chi connectivity index (χ1) is 8.41. The minimum Gasteiger partial charge on any atom is -0.384 e. The molecule has 0 aliphatic heterocycles. The van der Waals surface area contributed by atoms with E-state index >= 15 is 0 Å². The highest BCUT2D eigenvalue weighted by atomic mass is 35.5. The Morgan fingerprint density at radius 2 is 2.17 bits per heavy atom. The maximum absolute atomic E-state index is 7.37. The first-order valence-corrected chi connectivity index (χ1v) is 6.26. The van der Waals surface area contributed by atoms with Crippen LogP contribution >= 0.6 is 11.6 Å². The molecule has 0 amide bonds. The van der Waals surface area contributed by atoms with Gasteiger partial charge in [0.1, 0.15) is 5.84 Å². The van der Waals surface area contributed by atoms with Crippen molar-refractivity contribution in [2.75, 3.05) is 25.1 Å². The second kappa shape index (κ2) is 6.61. The summed E-state index contributed by atoms with van der Waals surface area (Å²) in [7, 11) is 1.97. The van der Waals surface area contributed by atoms with Crippen LogP contribution in [0.1, 0.15) is 19.4 Å². The van der Waals surface area contributed by atoms with Crippen molar-refractivity contribution < 1.29 is 4.74 Å². The number of nitrogens with zero attached hydrogens (tertiary/aromatic N) is 1. The number of nitrogens with one attached hydrogen (secondary N) is 1. The van der Waals surface area contributed by atoms with E-state index < -0.39 is 0 Å². The van der Waals surface area contributed by atoms with Crippen LogP contribution in [0.15, 0.2) is 18.2 Å². The third kappa shape index (κ3) is 4.20. The highest BCUT2D eigenvalue weighted by molar-refractivity contribution is 6.34. The molecule has 100 valence electrons. The lowest BCUT2D eigenvalue weighted by atomic mass is 10.2. The predicted molar refractivity (Wildman–Crippen MR) is 76.8 cm³/mol. The molecule has 4 nitrogen and oxygen atoms in total. The molecule has 1 aromatic carbocycles. The number of hydrogen-bond acceptors (Lipinski definition) is 3. The number of halogens is 1. The molecule has 0 bridgehead atoms. The summed E-state index contributed by atoms with van der Waals surface area (Å²) in [5.41, 5.74) is 6.97. The molecule has 0 heterocycles. The summed E-state index contributed by atoms with van der Waals surface area (Å²) in [6, 6.07) is 5.48. The minimum atomic E-state index is -0.0163. The molecule has 0 aromatic heterocycles. The molecule has 0 saturated carbocycles. The fraction of sp³-hybridized carbons (Fsp3) is 0.462. The standard InChI is InChI=1S/C13H20ClN3O/c1-9(2)18-7-6-17(3)10-4-5-11(13(15)16)12(14)8-10/h4-5,8-9H,6-7H2,1-3H3,(H3,15,16). The maximum Gasteiger partial charge on any atom is 0.124 e. The number of amidine groups is 1. The fourth-order valence-corrected chi connectivity index (χ4v) is 1.79. The lowest BCUT2D eigenvalue weighted by molar-refractivity contribution is 0.0846. The largest absolute Gasteiger partial charge is 0.384 e. The molecule has 0 unspecified atom stereocenters. The molecule has 0 aliphatic rings. The molecule has 18 heavy (non-hydrogen) atoms. The number of nitrogens with two attached hydrogens (primary N) is 1. The Kier molecular flexibility index (Phi) is 5.44. The van der Waals surface area contributed by atoms with Crippen molar-refractivity contribution >= 4 is 23.1 Å². The predicted octanol–water partition coefficient (Wildman–Crippen LogP) is 2.49. The van der Waals surface area contributed by atoms with Gasteiger partial charge >= 0.3 is 0 Å². The van der Waals surface area contributed by atoms with Gasteiger partial charge in [0.15, 0.2) is 0 Å². The highest BCUT2D eigenvalue weighted by Crippen LogP contribution is 2.22. The highest BCUT2D eigenvalue weighted by Gasteiger charge is 2.07. The van der Waals surface area contributed by atoms with Crippen LogP contribution in [0.3, 0.4) is 0 Å². The molecule has 1 aromatic rings. The number of anilines is 1. The lowest BCUT2D eigenvalue weighted by Gasteiger charge is -2.20. The minimum absolute atomic E-state index is 0.0163. The van der Waals surface area contributed by atoms with Gasteiger partial charge in [-0.2, -0.15) is 0 Å². The number of nitrogen functional groups attached to an aromatic ring is 1. The molecule has 5 heteroatoms. The van der Waals surface area contributed by atoms with Crippen LogP contribution in [0.5, 0.6) is 0 Å². The Hall–Kier alpha value is -1.26. The second-order valence-corrected chi connectivity index (χ2v) is 4.83. The number of ether oxygens (including phenoxy) is 1. The maximum atomic E-state index is 7.37. The monoisotopic (exact) mass is 269 g/mol. The van der Waals surface area contributed by atoms with Gasteiger partial charge in [-0.15, -0.1) is 0 Å². The zero-order valence-electron chi connectivity index (χ0n) is 11.0.